The van der Waals surface area contributed by atoms with E-state index in [4.69, 9.17) is 16.7 Å². The predicted octanol–water partition coefficient (Wildman–Crippen LogP) is 1.64. The van der Waals surface area contributed by atoms with Gasteiger partial charge in [0.05, 0.1) is 4.90 Å². The lowest BCUT2D eigenvalue weighted by Gasteiger charge is -2.21. The van der Waals surface area contributed by atoms with E-state index in [-0.39, 0.29) is 18.0 Å². The molecule has 1 rings (SSSR count). The highest BCUT2D eigenvalue weighted by atomic mass is 35.5. The smallest absolute Gasteiger partial charge is 0.240 e. The number of hydrogen-bond donors (Lipinski definition) is 2. The third-order valence-electron chi connectivity index (χ3n) is 2.28. The average molecular weight is 278 g/mol. The molecule has 0 heterocycles. The quantitative estimate of drug-likeness (QED) is 0.860. The maximum atomic E-state index is 11.9. The van der Waals surface area contributed by atoms with Crippen molar-refractivity contribution in [3.05, 3.63) is 29.3 Å². The van der Waals surface area contributed by atoms with Crippen LogP contribution in [0.15, 0.2) is 29.2 Å². The fraction of sp³-hybridized carbons (Fsp3) is 0.455. The van der Waals surface area contributed by atoms with Crippen molar-refractivity contribution in [2.24, 2.45) is 5.41 Å². The minimum atomic E-state index is -3.57. The molecule has 0 aliphatic carbocycles. The Balaban J connectivity index is 2.83. The van der Waals surface area contributed by atoms with E-state index in [0.29, 0.717) is 5.02 Å². The number of nitrogens with one attached hydrogen (secondary N) is 1. The second-order valence-corrected chi connectivity index (χ2v) is 6.81. The zero-order valence-electron chi connectivity index (χ0n) is 9.77. The molecule has 1 aromatic rings. The zero-order chi connectivity index (χ0) is 13.1. The zero-order valence-corrected chi connectivity index (χ0v) is 11.3. The summed E-state index contributed by atoms with van der Waals surface area (Å²) in [6.45, 7) is 3.62. The Morgan fingerprint density at radius 3 is 2.59 bits per heavy atom. The third kappa shape index (κ3) is 4.27. The summed E-state index contributed by atoms with van der Waals surface area (Å²) in [6, 6.07) is 6.04. The molecule has 0 aromatic heterocycles. The highest BCUT2D eigenvalue weighted by Gasteiger charge is 2.21. The molecule has 0 unspecified atom stereocenters. The van der Waals surface area contributed by atoms with Crippen LogP contribution in [0.1, 0.15) is 13.8 Å². The first-order valence-corrected chi connectivity index (χ1v) is 6.99. The summed E-state index contributed by atoms with van der Waals surface area (Å²) in [5.74, 6) is 0. The second-order valence-electron chi connectivity index (χ2n) is 4.60. The highest BCUT2D eigenvalue weighted by Crippen LogP contribution is 2.17. The van der Waals surface area contributed by atoms with Crippen LogP contribution in [0.2, 0.25) is 5.02 Å². The van der Waals surface area contributed by atoms with Crippen LogP contribution in [0.4, 0.5) is 0 Å². The second kappa shape index (κ2) is 5.35. The van der Waals surface area contributed by atoms with Crippen LogP contribution in [0.25, 0.3) is 0 Å². The normalized spacial score (nSPS) is 12.7. The molecule has 17 heavy (non-hydrogen) atoms. The molecule has 0 aliphatic rings. The molecule has 0 bridgehead atoms. The monoisotopic (exact) mass is 277 g/mol. The summed E-state index contributed by atoms with van der Waals surface area (Å²) in [5.41, 5.74) is -0.494. The van der Waals surface area contributed by atoms with Crippen LogP contribution in [0.5, 0.6) is 0 Å². The molecule has 6 heteroatoms. The number of hydrogen-bond acceptors (Lipinski definition) is 3. The maximum Gasteiger partial charge on any atom is 0.240 e. The molecule has 0 aliphatic heterocycles. The van der Waals surface area contributed by atoms with Gasteiger partial charge in [-0.25, -0.2) is 13.1 Å². The average Bonchev–Trinajstić information content (AvgIpc) is 2.27. The molecule has 0 saturated heterocycles. The first-order chi connectivity index (χ1) is 7.77. The molecule has 0 spiro atoms. The van der Waals surface area contributed by atoms with E-state index in [1.165, 1.54) is 12.1 Å². The summed E-state index contributed by atoms with van der Waals surface area (Å²) >= 11 is 5.74. The van der Waals surface area contributed by atoms with Crippen LogP contribution in [-0.2, 0) is 10.0 Å². The molecule has 0 atom stereocenters. The Morgan fingerprint density at radius 2 is 2.06 bits per heavy atom. The van der Waals surface area contributed by atoms with Gasteiger partial charge in [-0.05, 0) is 18.2 Å². The summed E-state index contributed by atoms with van der Waals surface area (Å²) in [4.78, 5) is 0.124. The third-order valence-corrected chi connectivity index (χ3v) is 3.91. The number of aliphatic hydroxyl groups excluding tert-OH is 1. The van der Waals surface area contributed by atoms with Gasteiger partial charge in [0.1, 0.15) is 0 Å². The number of halogens is 1. The minimum Gasteiger partial charge on any atom is -0.396 e. The van der Waals surface area contributed by atoms with Gasteiger partial charge >= 0.3 is 0 Å². The van der Waals surface area contributed by atoms with Gasteiger partial charge in [-0.3, -0.25) is 0 Å². The van der Waals surface area contributed by atoms with Gasteiger partial charge in [-0.1, -0.05) is 31.5 Å². The fourth-order valence-electron chi connectivity index (χ4n) is 1.06. The van der Waals surface area contributed by atoms with Crippen molar-refractivity contribution < 1.29 is 13.5 Å². The number of sulfonamides is 1. The Bertz CT molecular complexity index is 485. The van der Waals surface area contributed by atoms with Crippen molar-refractivity contribution in [3.8, 4) is 0 Å². The van der Waals surface area contributed by atoms with Crippen molar-refractivity contribution >= 4 is 21.6 Å². The van der Waals surface area contributed by atoms with Gasteiger partial charge < -0.3 is 5.11 Å². The number of rotatable bonds is 5. The van der Waals surface area contributed by atoms with E-state index in [0.717, 1.165) is 0 Å². The highest BCUT2D eigenvalue weighted by molar-refractivity contribution is 7.89. The van der Waals surface area contributed by atoms with Crippen molar-refractivity contribution in [1.29, 1.82) is 0 Å². The van der Waals surface area contributed by atoms with Crippen LogP contribution in [0.3, 0.4) is 0 Å². The lowest BCUT2D eigenvalue weighted by molar-refractivity contribution is 0.163. The lowest BCUT2D eigenvalue weighted by Crippen LogP contribution is -2.36. The molecular weight excluding hydrogens is 262 g/mol. The molecule has 2 N–H and O–H groups in total. The summed E-state index contributed by atoms with van der Waals surface area (Å²) in [7, 11) is -3.57. The number of aliphatic hydroxyl groups is 1. The van der Waals surface area contributed by atoms with Crippen LogP contribution < -0.4 is 4.72 Å². The minimum absolute atomic E-state index is 0.0922. The van der Waals surface area contributed by atoms with Gasteiger partial charge in [-0.2, -0.15) is 0 Å². The van der Waals surface area contributed by atoms with Crippen molar-refractivity contribution in [1.82, 2.24) is 4.72 Å². The van der Waals surface area contributed by atoms with E-state index in [1.54, 1.807) is 26.0 Å². The van der Waals surface area contributed by atoms with Crippen LogP contribution >= 0.6 is 11.6 Å². The SMILES string of the molecule is CC(C)(CO)CNS(=O)(=O)c1cccc(Cl)c1. The van der Waals surface area contributed by atoms with E-state index >= 15 is 0 Å². The van der Waals surface area contributed by atoms with Gasteiger partial charge in [-0.15, -0.1) is 0 Å². The topological polar surface area (TPSA) is 66.4 Å². The van der Waals surface area contributed by atoms with Crippen molar-refractivity contribution in [3.63, 3.8) is 0 Å². The fourth-order valence-corrected chi connectivity index (χ4v) is 2.61. The van der Waals surface area contributed by atoms with Crippen LogP contribution in [0, 0.1) is 5.41 Å². The molecule has 0 fully saturated rings. The molecule has 0 radical (unpaired) electrons. The summed E-state index contributed by atoms with van der Waals surface area (Å²) in [6.07, 6.45) is 0. The number of benzene rings is 1. The van der Waals surface area contributed by atoms with E-state index < -0.39 is 15.4 Å². The molecule has 1 aromatic carbocycles. The Kier molecular flexibility index (Phi) is 4.55. The van der Waals surface area contributed by atoms with Crippen molar-refractivity contribution in [2.75, 3.05) is 13.2 Å². The Hall–Kier alpha value is -0.620. The molecule has 0 saturated carbocycles. The van der Waals surface area contributed by atoms with E-state index in [9.17, 15) is 8.42 Å². The van der Waals surface area contributed by atoms with Crippen molar-refractivity contribution in [2.45, 2.75) is 18.7 Å². The predicted molar refractivity (Wildman–Crippen MR) is 67.5 cm³/mol. The maximum absolute atomic E-state index is 11.9. The van der Waals surface area contributed by atoms with E-state index in [1.807, 2.05) is 0 Å². The molecule has 96 valence electrons. The first-order valence-electron chi connectivity index (χ1n) is 5.13. The van der Waals surface area contributed by atoms with Crippen LogP contribution in [-0.4, -0.2) is 26.7 Å². The standard InChI is InChI=1S/C11H16ClNO3S/c1-11(2,8-14)7-13-17(15,16)10-5-3-4-9(12)6-10/h3-6,13-14H,7-8H2,1-2H3. The van der Waals surface area contributed by atoms with E-state index in [2.05, 4.69) is 4.72 Å². The Morgan fingerprint density at radius 1 is 1.41 bits per heavy atom. The summed E-state index contributed by atoms with van der Waals surface area (Å²) < 4.78 is 26.2. The molecular formula is C11H16ClNO3S. The Labute approximate surface area is 107 Å². The van der Waals surface area contributed by atoms with Gasteiger partial charge in [0, 0.05) is 23.6 Å². The summed E-state index contributed by atoms with van der Waals surface area (Å²) in [5, 5.41) is 9.42. The van der Waals surface area contributed by atoms with Gasteiger partial charge in [0.15, 0.2) is 0 Å². The largest absolute Gasteiger partial charge is 0.396 e. The van der Waals surface area contributed by atoms with Gasteiger partial charge in [0.2, 0.25) is 10.0 Å². The van der Waals surface area contributed by atoms with Gasteiger partial charge in [0.25, 0.3) is 0 Å². The molecule has 4 nitrogen and oxygen atoms in total. The molecule has 0 amide bonds. The first kappa shape index (κ1) is 14.4. The lowest BCUT2D eigenvalue weighted by atomic mass is 9.96.